The zero-order valence-electron chi connectivity index (χ0n) is 8.51. The van der Waals surface area contributed by atoms with Crippen LogP contribution in [0.15, 0.2) is 12.1 Å². The first-order chi connectivity index (χ1) is 7.54. The second-order valence-corrected chi connectivity index (χ2v) is 4.39. The van der Waals surface area contributed by atoms with Crippen LogP contribution in [0.3, 0.4) is 0 Å². The molecule has 0 fully saturated rings. The average molecular weight is 258 g/mol. The highest BCUT2D eigenvalue weighted by Gasteiger charge is 2.30. The van der Waals surface area contributed by atoms with Crippen molar-refractivity contribution in [3.63, 3.8) is 0 Å². The number of ketones is 1. The van der Waals surface area contributed by atoms with E-state index in [1.807, 2.05) is 0 Å². The van der Waals surface area contributed by atoms with Gasteiger partial charge >= 0.3 is 0 Å². The Kier molecular flexibility index (Phi) is 2.91. The van der Waals surface area contributed by atoms with Gasteiger partial charge in [0.2, 0.25) is 5.91 Å². The van der Waals surface area contributed by atoms with Gasteiger partial charge in [-0.1, -0.05) is 11.6 Å². The fourth-order valence-corrected chi connectivity index (χ4v) is 2.14. The Balaban J connectivity index is 2.61. The first-order valence-corrected chi connectivity index (χ1v) is 5.69. The van der Waals surface area contributed by atoms with Crippen LogP contribution in [0.25, 0.3) is 0 Å². The first kappa shape index (κ1) is 11.4. The van der Waals surface area contributed by atoms with Crippen LogP contribution in [0.2, 0.25) is 5.02 Å². The van der Waals surface area contributed by atoms with Crippen LogP contribution in [-0.4, -0.2) is 17.6 Å². The van der Waals surface area contributed by atoms with E-state index in [9.17, 15) is 9.59 Å². The lowest BCUT2D eigenvalue weighted by atomic mass is 9.99. The summed E-state index contributed by atoms with van der Waals surface area (Å²) in [6.45, 7) is 1.77. The molecule has 84 valence electrons. The molecule has 3 nitrogen and oxygen atoms in total. The summed E-state index contributed by atoms with van der Waals surface area (Å²) in [6.07, 6.45) is 0. The number of carbonyl (C=O) groups is 2. The highest BCUT2D eigenvalue weighted by Crippen LogP contribution is 2.37. The molecular weight excluding hydrogens is 249 g/mol. The molecule has 0 bridgehead atoms. The Morgan fingerprint density at radius 2 is 2.19 bits per heavy atom. The van der Waals surface area contributed by atoms with Crippen LogP contribution in [0.4, 0.5) is 5.69 Å². The standard InChI is InChI=1S/C11H9Cl2NO2/c1-5-7-2-6(13)3-8(9(15)4-12)10(7)14-11(5)16/h2-3,5H,4H2,1H3,(H,14,16). The summed E-state index contributed by atoms with van der Waals surface area (Å²) in [5, 5.41) is 3.12. The van der Waals surface area contributed by atoms with Gasteiger partial charge in [-0.05, 0) is 24.6 Å². The van der Waals surface area contributed by atoms with Gasteiger partial charge in [0.1, 0.15) is 0 Å². The highest BCUT2D eigenvalue weighted by molar-refractivity contribution is 6.34. The van der Waals surface area contributed by atoms with Gasteiger partial charge in [-0.15, -0.1) is 11.6 Å². The molecule has 0 spiro atoms. The van der Waals surface area contributed by atoms with Crippen LogP contribution in [0.5, 0.6) is 0 Å². The maximum Gasteiger partial charge on any atom is 0.231 e. The largest absolute Gasteiger partial charge is 0.325 e. The number of hydrogen-bond donors (Lipinski definition) is 1. The number of fused-ring (bicyclic) bond motifs is 1. The van der Waals surface area contributed by atoms with Crippen molar-refractivity contribution in [3.8, 4) is 0 Å². The Hall–Kier alpha value is -1.06. The molecule has 1 unspecified atom stereocenters. The molecule has 1 aliphatic rings. The van der Waals surface area contributed by atoms with E-state index in [0.717, 1.165) is 5.56 Å². The minimum atomic E-state index is -0.282. The Morgan fingerprint density at radius 3 is 2.81 bits per heavy atom. The number of carbonyl (C=O) groups excluding carboxylic acids is 2. The normalized spacial score (nSPS) is 18.2. The van der Waals surface area contributed by atoms with Gasteiger partial charge in [0, 0.05) is 10.6 Å². The maximum absolute atomic E-state index is 11.6. The molecule has 0 saturated heterocycles. The van der Waals surface area contributed by atoms with Crippen molar-refractivity contribution in [2.24, 2.45) is 0 Å². The van der Waals surface area contributed by atoms with Gasteiger partial charge in [0.05, 0.1) is 17.5 Å². The number of Topliss-reactive ketones (excluding diaryl/α,β-unsaturated/α-hetero) is 1. The summed E-state index contributed by atoms with van der Waals surface area (Å²) < 4.78 is 0. The Morgan fingerprint density at radius 1 is 1.50 bits per heavy atom. The van der Waals surface area contributed by atoms with Gasteiger partial charge in [0.15, 0.2) is 5.78 Å². The molecule has 1 atom stereocenters. The molecular formula is C11H9Cl2NO2. The first-order valence-electron chi connectivity index (χ1n) is 4.78. The predicted molar refractivity (Wildman–Crippen MR) is 63.5 cm³/mol. The van der Waals surface area contributed by atoms with Crippen molar-refractivity contribution in [1.82, 2.24) is 0 Å². The molecule has 16 heavy (non-hydrogen) atoms. The number of benzene rings is 1. The average Bonchev–Trinajstić information content (AvgIpc) is 2.54. The van der Waals surface area contributed by atoms with E-state index in [0.29, 0.717) is 16.3 Å². The number of rotatable bonds is 2. The fourth-order valence-electron chi connectivity index (χ4n) is 1.77. The van der Waals surface area contributed by atoms with E-state index < -0.39 is 0 Å². The van der Waals surface area contributed by atoms with Crippen molar-refractivity contribution in [1.29, 1.82) is 0 Å². The number of alkyl halides is 1. The van der Waals surface area contributed by atoms with Crippen molar-refractivity contribution < 1.29 is 9.59 Å². The van der Waals surface area contributed by atoms with Gasteiger partial charge in [0.25, 0.3) is 0 Å². The molecule has 1 aliphatic heterocycles. The van der Waals surface area contributed by atoms with Crippen LogP contribution in [0.1, 0.15) is 28.8 Å². The van der Waals surface area contributed by atoms with Gasteiger partial charge in [-0.2, -0.15) is 0 Å². The molecule has 0 saturated carbocycles. The topological polar surface area (TPSA) is 46.2 Å². The molecule has 2 rings (SSSR count). The molecule has 0 aromatic heterocycles. The quantitative estimate of drug-likeness (QED) is 0.654. The zero-order valence-corrected chi connectivity index (χ0v) is 10.0. The van der Waals surface area contributed by atoms with Crippen molar-refractivity contribution in [2.75, 3.05) is 11.2 Å². The second-order valence-electron chi connectivity index (χ2n) is 3.69. The predicted octanol–water partition coefficient (Wildman–Crippen LogP) is 2.82. The molecule has 1 aromatic carbocycles. The zero-order chi connectivity index (χ0) is 11.9. The lowest BCUT2D eigenvalue weighted by molar-refractivity contribution is -0.116. The van der Waals surface area contributed by atoms with Crippen molar-refractivity contribution >= 4 is 40.6 Å². The molecule has 0 radical (unpaired) electrons. The fraction of sp³-hybridized carbons (Fsp3) is 0.273. The smallest absolute Gasteiger partial charge is 0.231 e. The number of amides is 1. The maximum atomic E-state index is 11.6. The summed E-state index contributed by atoms with van der Waals surface area (Å²) in [7, 11) is 0. The SMILES string of the molecule is CC1C(=O)Nc2c(C(=O)CCl)cc(Cl)cc21. The van der Waals surface area contributed by atoms with E-state index in [4.69, 9.17) is 23.2 Å². The van der Waals surface area contributed by atoms with Gasteiger partial charge in [-0.3, -0.25) is 9.59 Å². The molecule has 1 N–H and O–H groups in total. The number of nitrogens with one attached hydrogen (secondary N) is 1. The third-order valence-electron chi connectivity index (χ3n) is 2.66. The van der Waals surface area contributed by atoms with E-state index in [1.165, 1.54) is 6.07 Å². The summed E-state index contributed by atoms with van der Waals surface area (Å²) in [6, 6.07) is 3.23. The lowest BCUT2D eigenvalue weighted by Crippen LogP contribution is -2.10. The number of anilines is 1. The third-order valence-corrected chi connectivity index (χ3v) is 3.12. The van der Waals surface area contributed by atoms with Crippen LogP contribution >= 0.6 is 23.2 Å². The minimum Gasteiger partial charge on any atom is -0.325 e. The lowest BCUT2D eigenvalue weighted by Gasteiger charge is -2.07. The number of hydrogen-bond acceptors (Lipinski definition) is 2. The van der Waals surface area contributed by atoms with Crippen LogP contribution in [-0.2, 0) is 4.79 Å². The van der Waals surface area contributed by atoms with E-state index in [2.05, 4.69) is 5.32 Å². The second kappa shape index (κ2) is 4.07. The molecule has 1 heterocycles. The summed E-state index contributed by atoms with van der Waals surface area (Å²) in [5.41, 5.74) is 1.69. The summed E-state index contributed by atoms with van der Waals surface area (Å²) >= 11 is 11.4. The Bertz CT molecular complexity index is 485. The van der Waals surface area contributed by atoms with Gasteiger partial charge in [-0.25, -0.2) is 0 Å². The minimum absolute atomic E-state index is 0.124. The van der Waals surface area contributed by atoms with E-state index in [-0.39, 0.29) is 23.5 Å². The summed E-state index contributed by atoms with van der Waals surface area (Å²) in [5.74, 6) is -0.775. The monoisotopic (exact) mass is 257 g/mol. The van der Waals surface area contributed by atoms with Crippen LogP contribution in [0, 0.1) is 0 Å². The summed E-state index contributed by atoms with van der Waals surface area (Å²) in [4.78, 5) is 23.1. The highest BCUT2D eigenvalue weighted by atomic mass is 35.5. The Labute approximate surface area is 103 Å². The van der Waals surface area contributed by atoms with Crippen molar-refractivity contribution in [3.05, 3.63) is 28.3 Å². The molecule has 1 amide bonds. The van der Waals surface area contributed by atoms with Crippen LogP contribution < -0.4 is 5.32 Å². The third kappa shape index (κ3) is 1.70. The van der Waals surface area contributed by atoms with E-state index in [1.54, 1.807) is 13.0 Å². The van der Waals surface area contributed by atoms with Gasteiger partial charge < -0.3 is 5.32 Å². The van der Waals surface area contributed by atoms with Crippen molar-refractivity contribution in [2.45, 2.75) is 12.8 Å². The molecule has 5 heteroatoms. The molecule has 1 aromatic rings. The molecule has 0 aliphatic carbocycles. The van der Waals surface area contributed by atoms with E-state index >= 15 is 0 Å². The number of halogens is 2.